The van der Waals surface area contributed by atoms with Crippen molar-refractivity contribution in [3.8, 4) is 0 Å². The summed E-state index contributed by atoms with van der Waals surface area (Å²) in [6, 6.07) is 19.5. The fourth-order valence-corrected chi connectivity index (χ4v) is 3.00. The molecular weight excluding hydrogens is 312 g/mol. The predicted octanol–water partition coefficient (Wildman–Crippen LogP) is 4.04. The molecule has 2 aromatic rings. The molecule has 1 atom stereocenters. The van der Waals surface area contributed by atoms with Crippen LogP contribution in [0.15, 0.2) is 60.7 Å². The summed E-state index contributed by atoms with van der Waals surface area (Å²) < 4.78 is 0. The lowest BCUT2D eigenvalue weighted by atomic mass is 10.1. The Balaban J connectivity index is 2.05. The van der Waals surface area contributed by atoms with Crippen LogP contribution in [-0.2, 0) is 9.59 Å². The van der Waals surface area contributed by atoms with Crippen molar-refractivity contribution in [2.75, 3.05) is 18.0 Å². The van der Waals surface area contributed by atoms with Gasteiger partial charge in [-0.15, -0.1) is 0 Å². The maximum absolute atomic E-state index is 12.6. The van der Waals surface area contributed by atoms with E-state index in [1.165, 1.54) is 0 Å². The first-order chi connectivity index (χ1) is 12.0. The molecular formula is C21H26N2O2. The zero-order chi connectivity index (χ0) is 18.2. The number of amides is 2. The Morgan fingerprint density at radius 1 is 0.960 bits per heavy atom. The molecule has 4 heteroatoms. The fourth-order valence-electron chi connectivity index (χ4n) is 3.00. The molecule has 1 unspecified atom stereocenters. The molecule has 0 radical (unpaired) electrons. The number of para-hydroxylation sites is 1. The molecule has 2 rings (SSSR count). The molecule has 0 bridgehead atoms. The molecule has 2 aromatic carbocycles. The minimum Gasteiger partial charge on any atom is -0.336 e. The monoisotopic (exact) mass is 338 g/mol. The van der Waals surface area contributed by atoms with Crippen LogP contribution in [0.4, 0.5) is 5.69 Å². The van der Waals surface area contributed by atoms with Crippen LogP contribution in [0.5, 0.6) is 0 Å². The molecule has 0 N–H and O–H groups in total. The first kappa shape index (κ1) is 18.7. The van der Waals surface area contributed by atoms with Crippen LogP contribution in [0.2, 0.25) is 0 Å². The van der Waals surface area contributed by atoms with Gasteiger partial charge in [-0.3, -0.25) is 9.59 Å². The quantitative estimate of drug-likeness (QED) is 0.764. The molecule has 2 amide bonds. The lowest BCUT2D eigenvalue weighted by Gasteiger charge is -2.29. The summed E-state index contributed by atoms with van der Waals surface area (Å²) in [6.07, 6.45) is 0.305. The number of carbonyl (C=O) groups excluding carboxylic acids is 2. The molecule has 0 spiro atoms. The smallest absolute Gasteiger partial charge is 0.228 e. The van der Waals surface area contributed by atoms with Gasteiger partial charge in [0.25, 0.3) is 0 Å². The van der Waals surface area contributed by atoms with Crippen molar-refractivity contribution in [2.45, 2.75) is 33.2 Å². The van der Waals surface area contributed by atoms with Crippen LogP contribution < -0.4 is 4.90 Å². The fraction of sp³-hybridized carbons (Fsp3) is 0.333. The van der Waals surface area contributed by atoms with Gasteiger partial charge >= 0.3 is 0 Å². The second-order valence-corrected chi connectivity index (χ2v) is 6.02. The van der Waals surface area contributed by atoms with Crippen LogP contribution in [0.3, 0.4) is 0 Å². The Morgan fingerprint density at radius 3 is 2.04 bits per heavy atom. The highest BCUT2D eigenvalue weighted by Crippen LogP contribution is 2.21. The average Bonchev–Trinajstić information content (AvgIpc) is 2.63. The molecule has 132 valence electrons. The third-order valence-electron chi connectivity index (χ3n) is 4.41. The van der Waals surface area contributed by atoms with E-state index in [1.807, 2.05) is 74.5 Å². The Hall–Kier alpha value is -2.62. The molecule has 0 aliphatic carbocycles. The highest BCUT2D eigenvalue weighted by atomic mass is 16.2. The average molecular weight is 338 g/mol. The summed E-state index contributed by atoms with van der Waals surface area (Å²) in [5, 5.41) is 0. The van der Waals surface area contributed by atoms with Gasteiger partial charge in [0.15, 0.2) is 0 Å². The van der Waals surface area contributed by atoms with Gasteiger partial charge in [-0.25, -0.2) is 0 Å². The summed E-state index contributed by atoms with van der Waals surface area (Å²) >= 11 is 0. The topological polar surface area (TPSA) is 40.6 Å². The maximum Gasteiger partial charge on any atom is 0.228 e. The molecule has 0 aliphatic rings. The van der Waals surface area contributed by atoms with Gasteiger partial charge in [-0.05, 0) is 31.5 Å². The Kier molecular flexibility index (Phi) is 6.75. The summed E-state index contributed by atoms with van der Waals surface area (Å²) in [6.45, 7) is 6.53. The van der Waals surface area contributed by atoms with E-state index >= 15 is 0 Å². The lowest BCUT2D eigenvalue weighted by Crippen LogP contribution is -2.37. The number of nitrogens with zero attached hydrogens (tertiary/aromatic N) is 2. The van der Waals surface area contributed by atoms with Crippen molar-refractivity contribution >= 4 is 17.5 Å². The second kappa shape index (κ2) is 9.02. The van der Waals surface area contributed by atoms with E-state index in [4.69, 9.17) is 0 Å². The van der Waals surface area contributed by atoms with Gasteiger partial charge in [0.05, 0.1) is 6.04 Å². The molecule has 0 aromatic heterocycles. The van der Waals surface area contributed by atoms with Crippen molar-refractivity contribution < 1.29 is 9.59 Å². The van der Waals surface area contributed by atoms with Gasteiger partial charge in [-0.1, -0.05) is 48.5 Å². The number of benzene rings is 2. The van der Waals surface area contributed by atoms with E-state index in [0.29, 0.717) is 19.5 Å². The van der Waals surface area contributed by atoms with E-state index in [2.05, 4.69) is 0 Å². The highest BCUT2D eigenvalue weighted by molar-refractivity contribution is 5.93. The minimum absolute atomic E-state index is 0.0214. The van der Waals surface area contributed by atoms with E-state index in [1.54, 1.807) is 16.7 Å². The summed E-state index contributed by atoms with van der Waals surface area (Å²) in [4.78, 5) is 28.2. The summed E-state index contributed by atoms with van der Waals surface area (Å²) in [5.74, 6) is 0.00660. The zero-order valence-corrected chi connectivity index (χ0v) is 15.2. The zero-order valence-electron chi connectivity index (χ0n) is 15.2. The number of hydrogen-bond acceptors (Lipinski definition) is 2. The maximum atomic E-state index is 12.6. The molecule has 0 aliphatic heterocycles. The van der Waals surface area contributed by atoms with Gasteiger partial charge in [0.2, 0.25) is 11.8 Å². The SMILES string of the molecule is CCN(C(=O)CCN(C(C)=O)C(C)c1ccccc1)c1ccccc1. The molecule has 4 nitrogen and oxygen atoms in total. The number of hydrogen-bond donors (Lipinski definition) is 0. The van der Waals surface area contributed by atoms with Gasteiger partial charge in [0, 0.05) is 32.1 Å². The molecule has 25 heavy (non-hydrogen) atoms. The Bertz CT molecular complexity index is 686. The van der Waals surface area contributed by atoms with Crippen LogP contribution in [0.25, 0.3) is 0 Å². The predicted molar refractivity (Wildman–Crippen MR) is 101 cm³/mol. The van der Waals surface area contributed by atoms with Crippen LogP contribution in [0, 0.1) is 0 Å². The minimum atomic E-state index is -0.0571. The molecule has 0 fully saturated rings. The normalized spacial score (nSPS) is 11.6. The van der Waals surface area contributed by atoms with E-state index in [9.17, 15) is 9.59 Å². The highest BCUT2D eigenvalue weighted by Gasteiger charge is 2.21. The van der Waals surface area contributed by atoms with E-state index in [0.717, 1.165) is 11.3 Å². The first-order valence-corrected chi connectivity index (χ1v) is 8.72. The van der Waals surface area contributed by atoms with Gasteiger partial charge < -0.3 is 9.80 Å². The summed E-state index contributed by atoms with van der Waals surface area (Å²) in [5.41, 5.74) is 1.96. The van der Waals surface area contributed by atoms with Crippen molar-refractivity contribution in [1.82, 2.24) is 4.90 Å². The third-order valence-corrected chi connectivity index (χ3v) is 4.41. The largest absolute Gasteiger partial charge is 0.336 e. The molecule has 0 saturated heterocycles. The molecule has 0 heterocycles. The van der Waals surface area contributed by atoms with E-state index < -0.39 is 0 Å². The second-order valence-electron chi connectivity index (χ2n) is 6.02. The van der Waals surface area contributed by atoms with Crippen molar-refractivity contribution in [1.29, 1.82) is 0 Å². The van der Waals surface area contributed by atoms with Crippen molar-refractivity contribution in [3.05, 3.63) is 66.2 Å². The van der Waals surface area contributed by atoms with Crippen LogP contribution >= 0.6 is 0 Å². The van der Waals surface area contributed by atoms with Crippen molar-refractivity contribution in [3.63, 3.8) is 0 Å². The van der Waals surface area contributed by atoms with Gasteiger partial charge in [0.1, 0.15) is 0 Å². The van der Waals surface area contributed by atoms with E-state index in [-0.39, 0.29) is 17.9 Å². The van der Waals surface area contributed by atoms with Crippen molar-refractivity contribution in [2.24, 2.45) is 0 Å². The summed E-state index contributed by atoms with van der Waals surface area (Å²) in [7, 11) is 0. The number of rotatable bonds is 7. The lowest BCUT2D eigenvalue weighted by molar-refractivity contribution is -0.131. The Labute approximate surface area is 150 Å². The standard InChI is InChI=1S/C21H26N2O2/c1-4-22(20-13-9-6-10-14-20)21(25)15-16-23(18(3)24)17(2)19-11-7-5-8-12-19/h5-14,17H,4,15-16H2,1-3H3. The first-order valence-electron chi connectivity index (χ1n) is 8.72. The van der Waals surface area contributed by atoms with Crippen LogP contribution in [-0.4, -0.2) is 29.8 Å². The number of anilines is 1. The van der Waals surface area contributed by atoms with Gasteiger partial charge in [-0.2, -0.15) is 0 Å². The van der Waals surface area contributed by atoms with Crippen LogP contribution in [0.1, 0.15) is 38.8 Å². The molecule has 0 saturated carbocycles. The third kappa shape index (κ3) is 4.92. The Morgan fingerprint density at radius 2 is 1.52 bits per heavy atom. The number of carbonyl (C=O) groups is 2.